The Bertz CT molecular complexity index is 277. The Labute approximate surface area is 103 Å². The highest BCUT2D eigenvalue weighted by Gasteiger charge is 2.29. The van der Waals surface area contributed by atoms with Crippen LogP contribution in [0, 0.1) is 5.92 Å². The summed E-state index contributed by atoms with van der Waals surface area (Å²) in [5.41, 5.74) is 0. The molecule has 1 saturated carbocycles. The van der Waals surface area contributed by atoms with Crippen molar-refractivity contribution in [1.82, 2.24) is 5.32 Å². The van der Waals surface area contributed by atoms with Gasteiger partial charge in [-0.05, 0) is 56.0 Å². The van der Waals surface area contributed by atoms with E-state index in [1.165, 1.54) is 49.9 Å². The van der Waals surface area contributed by atoms with E-state index < -0.39 is 0 Å². The van der Waals surface area contributed by atoms with Gasteiger partial charge < -0.3 is 5.32 Å². The van der Waals surface area contributed by atoms with E-state index in [1.807, 2.05) is 11.3 Å². The molecule has 0 bridgehead atoms. The molecule has 1 unspecified atom stereocenters. The highest BCUT2D eigenvalue weighted by molar-refractivity contribution is 7.09. The molecule has 2 heteroatoms. The first kappa shape index (κ1) is 12.1. The van der Waals surface area contributed by atoms with Gasteiger partial charge in [-0.3, -0.25) is 0 Å². The van der Waals surface area contributed by atoms with Crippen LogP contribution < -0.4 is 5.32 Å². The standard InChI is InChI=1S/C14H23NS/c1-2-5-14(12-8-9-12)15-10-3-6-13-7-4-11-16-13/h4,7,11-12,14-15H,2-3,5-6,8-10H2,1H3. The Morgan fingerprint density at radius 3 is 3.00 bits per heavy atom. The van der Waals surface area contributed by atoms with Gasteiger partial charge in [0.15, 0.2) is 0 Å². The van der Waals surface area contributed by atoms with Crippen molar-refractivity contribution >= 4 is 11.3 Å². The van der Waals surface area contributed by atoms with Crippen molar-refractivity contribution in [2.75, 3.05) is 6.54 Å². The zero-order chi connectivity index (χ0) is 11.2. The molecular formula is C14H23NS. The lowest BCUT2D eigenvalue weighted by Gasteiger charge is -2.17. The number of hydrogen-bond donors (Lipinski definition) is 1. The second-order valence-electron chi connectivity index (χ2n) is 4.87. The number of nitrogens with one attached hydrogen (secondary N) is 1. The molecule has 1 N–H and O–H groups in total. The minimum atomic E-state index is 0.813. The number of hydrogen-bond acceptors (Lipinski definition) is 2. The van der Waals surface area contributed by atoms with Crippen molar-refractivity contribution < 1.29 is 0 Å². The van der Waals surface area contributed by atoms with Crippen LogP contribution in [-0.4, -0.2) is 12.6 Å². The van der Waals surface area contributed by atoms with Crippen LogP contribution in [0.1, 0.15) is 43.9 Å². The zero-order valence-electron chi connectivity index (χ0n) is 10.2. The van der Waals surface area contributed by atoms with E-state index in [4.69, 9.17) is 0 Å². The van der Waals surface area contributed by atoms with Gasteiger partial charge >= 0.3 is 0 Å². The van der Waals surface area contributed by atoms with Gasteiger partial charge in [0.1, 0.15) is 0 Å². The Morgan fingerprint density at radius 1 is 1.50 bits per heavy atom. The van der Waals surface area contributed by atoms with Crippen LogP contribution in [0.3, 0.4) is 0 Å². The summed E-state index contributed by atoms with van der Waals surface area (Å²) in [6, 6.07) is 5.21. The van der Waals surface area contributed by atoms with E-state index in [0.29, 0.717) is 0 Å². The van der Waals surface area contributed by atoms with E-state index in [1.54, 1.807) is 0 Å². The molecule has 1 nitrogen and oxygen atoms in total. The van der Waals surface area contributed by atoms with Gasteiger partial charge in [0.05, 0.1) is 0 Å². The van der Waals surface area contributed by atoms with Gasteiger partial charge in [0.25, 0.3) is 0 Å². The van der Waals surface area contributed by atoms with E-state index in [9.17, 15) is 0 Å². The summed E-state index contributed by atoms with van der Waals surface area (Å²) in [5, 5.41) is 5.92. The quantitative estimate of drug-likeness (QED) is 0.677. The molecule has 1 aliphatic carbocycles. The third-order valence-corrected chi connectivity index (χ3v) is 4.31. The number of aryl methyl sites for hydroxylation is 1. The van der Waals surface area contributed by atoms with Gasteiger partial charge in [-0.15, -0.1) is 11.3 Å². The molecule has 1 aliphatic rings. The van der Waals surface area contributed by atoms with Crippen LogP contribution in [0.5, 0.6) is 0 Å². The molecule has 0 spiro atoms. The topological polar surface area (TPSA) is 12.0 Å². The summed E-state index contributed by atoms with van der Waals surface area (Å²) in [6.45, 7) is 3.49. The fraction of sp³-hybridized carbons (Fsp3) is 0.714. The van der Waals surface area contributed by atoms with Gasteiger partial charge in [0, 0.05) is 10.9 Å². The molecule has 1 aromatic heterocycles. The first-order chi connectivity index (χ1) is 7.90. The van der Waals surface area contributed by atoms with Gasteiger partial charge in [-0.25, -0.2) is 0 Å². The molecule has 0 radical (unpaired) electrons. The first-order valence-electron chi connectivity index (χ1n) is 6.66. The van der Waals surface area contributed by atoms with E-state index in [0.717, 1.165) is 12.0 Å². The van der Waals surface area contributed by atoms with Crippen molar-refractivity contribution in [3.8, 4) is 0 Å². The van der Waals surface area contributed by atoms with Crippen LogP contribution in [0.15, 0.2) is 17.5 Å². The lowest BCUT2D eigenvalue weighted by atomic mass is 10.1. The lowest BCUT2D eigenvalue weighted by molar-refractivity contribution is 0.428. The summed E-state index contributed by atoms with van der Waals surface area (Å²) < 4.78 is 0. The van der Waals surface area contributed by atoms with E-state index in [2.05, 4.69) is 29.8 Å². The Hall–Kier alpha value is -0.340. The largest absolute Gasteiger partial charge is 0.314 e. The SMILES string of the molecule is CCCC(NCCCc1cccs1)C1CC1. The molecule has 0 aliphatic heterocycles. The average Bonchev–Trinajstić information content (AvgIpc) is 3.01. The first-order valence-corrected chi connectivity index (χ1v) is 7.54. The molecule has 0 aromatic carbocycles. The predicted octanol–water partition coefficient (Wildman–Crippen LogP) is 3.85. The second kappa shape index (κ2) is 6.41. The summed E-state index contributed by atoms with van der Waals surface area (Å²) in [6.07, 6.45) is 8.13. The molecule has 0 amide bonds. The minimum absolute atomic E-state index is 0.813. The van der Waals surface area contributed by atoms with Gasteiger partial charge in [-0.1, -0.05) is 19.4 Å². The van der Waals surface area contributed by atoms with E-state index >= 15 is 0 Å². The van der Waals surface area contributed by atoms with Crippen LogP contribution in [0.2, 0.25) is 0 Å². The average molecular weight is 237 g/mol. The van der Waals surface area contributed by atoms with Gasteiger partial charge in [0.2, 0.25) is 0 Å². The number of rotatable bonds is 8. The molecule has 1 fully saturated rings. The molecule has 1 atom stereocenters. The molecule has 1 heterocycles. The summed E-state index contributed by atoms with van der Waals surface area (Å²) in [7, 11) is 0. The number of thiophene rings is 1. The van der Waals surface area contributed by atoms with Crippen molar-refractivity contribution in [2.45, 2.75) is 51.5 Å². The fourth-order valence-electron chi connectivity index (χ4n) is 2.32. The van der Waals surface area contributed by atoms with Crippen molar-refractivity contribution in [1.29, 1.82) is 0 Å². The molecule has 2 rings (SSSR count). The fourth-order valence-corrected chi connectivity index (χ4v) is 3.07. The Morgan fingerprint density at radius 2 is 2.38 bits per heavy atom. The normalized spacial score (nSPS) is 17.6. The van der Waals surface area contributed by atoms with Gasteiger partial charge in [-0.2, -0.15) is 0 Å². The lowest BCUT2D eigenvalue weighted by Crippen LogP contribution is -2.31. The van der Waals surface area contributed by atoms with Crippen LogP contribution in [-0.2, 0) is 6.42 Å². The maximum atomic E-state index is 3.75. The molecular weight excluding hydrogens is 214 g/mol. The van der Waals surface area contributed by atoms with Crippen LogP contribution in [0.4, 0.5) is 0 Å². The monoisotopic (exact) mass is 237 g/mol. The zero-order valence-corrected chi connectivity index (χ0v) is 11.1. The van der Waals surface area contributed by atoms with Crippen molar-refractivity contribution in [3.63, 3.8) is 0 Å². The Balaban J connectivity index is 1.59. The molecule has 16 heavy (non-hydrogen) atoms. The summed E-state index contributed by atoms with van der Waals surface area (Å²) in [5.74, 6) is 1.00. The van der Waals surface area contributed by atoms with Crippen LogP contribution in [0.25, 0.3) is 0 Å². The maximum Gasteiger partial charge on any atom is 0.00952 e. The van der Waals surface area contributed by atoms with Crippen LogP contribution >= 0.6 is 11.3 Å². The minimum Gasteiger partial charge on any atom is -0.314 e. The summed E-state index contributed by atoms with van der Waals surface area (Å²) in [4.78, 5) is 1.53. The predicted molar refractivity (Wildman–Crippen MR) is 72.1 cm³/mol. The molecule has 0 saturated heterocycles. The molecule has 1 aromatic rings. The maximum absolute atomic E-state index is 3.75. The smallest absolute Gasteiger partial charge is 0.00952 e. The highest BCUT2D eigenvalue weighted by Crippen LogP contribution is 2.34. The highest BCUT2D eigenvalue weighted by atomic mass is 32.1. The third-order valence-electron chi connectivity index (χ3n) is 3.38. The van der Waals surface area contributed by atoms with Crippen molar-refractivity contribution in [3.05, 3.63) is 22.4 Å². The Kier molecular flexibility index (Phi) is 4.86. The second-order valence-corrected chi connectivity index (χ2v) is 5.90. The van der Waals surface area contributed by atoms with Crippen molar-refractivity contribution in [2.24, 2.45) is 5.92 Å². The van der Waals surface area contributed by atoms with E-state index in [-0.39, 0.29) is 0 Å². The molecule has 90 valence electrons. The third kappa shape index (κ3) is 3.91. The summed E-state index contributed by atoms with van der Waals surface area (Å²) >= 11 is 1.88.